The van der Waals surface area contributed by atoms with E-state index < -0.39 is 0 Å². The van der Waals surface area contributed by atoms with Crippen LogP contribution in [0.3, 0.4) is 0 Å². The predicted molar refractivity (Wildman–Crippen MR) is 120 cm³/mol. The van der Waals surface area contributed by atoms with Crippen LogP contribution in [0.2, 0.25) is 15.1 Å². The van der Waals surface area contributed by atoms with Crippen LogP contribution < -0.4 is 10.2 Å². The zero-order valence-corrected chi connectivity index (χ0v) is 18.3. The molecular formula is C21H22Cl3N3O2. The molecule has 1 aliphatic rings. The number of halogens is 3. The quantitative estimate of drug-likeness (QED) is 0.663. The minimum Gasteiger partial charge on any atom is -0.366 e. The number of carbonyl (C=O) groups is 2. The Morgan fingerprint density at radius 1 is 1.03 bits per heavy atom. The van der Waals surface area contributed by atoms with Crippen molar-refractivity contribution >= 4 is 58.0 Å². The van der Waals surface area contributed by atoms with Gasteiger partial charge in [0.25, 0.3) is 5.91 Å². The smallest absolute Gasteiger partial charge is 0.257 e. The van der Waals surface area contributed by atoms with Crippen molar-refractivity contribution < 1.29 is 9.59 Å². The SMILES string of the molecule is CCCC(=O)N1CCN(c2ccc(Cl)cc2NC(=O)c2cccc(Cl)c2Cl)CC1. The summed E-state index contributed by atoms with van der Waals surface area (Å²) in [5.74, 6) is -0.176. The van der Waals surface area contributed by atoms with E-state index in [0.29, 0.717) is 53.9 Å². The molecule has 1 heterocycles. The summed E-state index contributed by atoms with van der Waals surface area (Å²) in [5.41, 5.74) is 1.73. The minimum absolute atomic E-state index is 0.187. The number of rotatable bonds is 5. The number of hydrogen-bond donors (Lipinski definition) is 1. The number of benzene rings is 2. The molecule has 2 amide bonds. The number of nitrogens with one attached hydrogen (secondary N) is 1. The summed E-state index contributed by atoms with van der Waals surface area (Å²) in [6.07, 6.45) is 1.42. The zero-order valence-electron chi connectivity index (χ0n) is 16.1. The molecule has 1 fully saturated rings. The standard InChI is InChI=1S/C21H22Cl3N3O2/c1-2-4-19(28)27-11-9-26(10-12-27)18-8-7-14(22)13-17(18)25-21(29)15-5-3-6-16(23)20(15)24/h3,5-8,13H,2,4,9-12H2,1H3,(H,25,29). The third-order valence-electron chi connectivity index (χ3n) is 4.84. The van der Waals surface area contributed by atoms with Gasteiger partial charge in [-0.25, -0.2) is 0 Å². The van der Waals surface area contributed by atoms with Crippen molar-refractivity contribution in [2.24, 2.45) is 0 Å². The van der Waals surface area contributed by atoms with Gasteiger partial charge in [-0.15, -0.1) is 0 Å². The van der Waals surface area contributed by atoms with Gasteiger partial charge in [0.15, 0.2) is 0 Å². The fraction of sp³-hybridized carbons (Fsp3) is 0.333. The van der Waals surface area contributed by atoms with Crippen LogP contribution >= 0.6 is 34.8 Å². The topological polar surface area (TPSA) is 52.7 Å². The molecule has 1 saturated heterocycles. The number of hydrogen-bond acceptors (Lipinski definition) is 3. The molecule has 29 heavy (non-hydrogen) atoms. The van der Waals surface area contributed by atoms with Crippen LogP contribution in [0.5, 0.6) is 0 Å². The molecular weight excluding hydrogens is 433 g/mol. The van der Waals surface area contributed by atoms with Crippen LogP contribution in [0, 0.1) is 0 Å². The summed E-state index contributed by atoms with van der Waals surface area (Å²) in [5, 5.41) is 3.94. The Labute approximate surface area is 185 Å². The van der Waals surface area contributed by atoms with Crippen molar-refractivity contribution in [2.75, 3.05) is 36.4 Å². The van der Waals surface area contributed by atoms with Crippen molar-refractivity contribution in [3.8, 4) is 0 Å². The van der Waals surface area contributed by atoms with Gasteiger partial charge in [0, 0.05) is 37.6 Å². The normalized spacial score (nSPS) is 14.1. The lowest BCUT2D eigenvalue weighted by Gasteiger charge is -2.37. The summed E-state index contributed by atoms with van der Waals surface area (Å²) in [7, 11) is 0. The third kappa shape index (κ3) is 5.16. The third-order valence-corrected chi connectivity index (χ3v) is 5.89. The second-order valence-corrected chi connectivity index (χ2v) is 8.06. The Bertz CT molecular complexity index is 912. The van der Waals surface area contributed by atoms with Gasteiger partial charge in [0.05, 0.1) is 27.0 Å². The van der Waals surface area contributed by atoms with Crippen LogP contribution in [0.1, 0.15) is 30.1 Å². The molecule has 5 nitrogen and oxygen atoms in total. The average molecular weight is 455 g/mol. The minimum atomic E-state index is -0.363. The van der Waals surface area contributed by atoms with E-state index in [4.69, 9.17) is 34.8 Å². The largest absolute Gasteiger partial charge is 0.366 e. The molecule has 3 rings (SSSR count). The molecule has 1 N–H and O–H groups in total. The maximum absolute atomic E-state index is 12.8. The Hall–Kier alpha value is -1.95. The fourth-order valence-electron chi connectivity index (χ4n) is 3.32. The first kappa shape index (κ1) is 21.8. The molecule has 0 aromatic heterocycles. The molecule has 0 spiro atoms. The monoisotopic (exact) mass is 453 g/mol. The van der Waals surface area contributed by atoms with Gasteiger partial charge in [-0.2, -0.15) is 0 Å². The van der Waals surface area contributed by atoms with Crippen LogP contribution in [-0.2, 0) is 4.79 Å². The molecule has 2 aromatic rings. The average Bonchev–Trinajstić information content (AvgIpc) is 2.70. The second kappa shape index (κ2) is 9.70. The summed E-state index contributed by atoms with van der Waals surface area (Å²) < 4.78 is 0. The molecule has 154 valence electrons. The van der Waals surface area contributed by atoms with Crippen molar-refractivity contribution in [1.29, 1.82) is 0 Å². The summed E-state index contributed by atoms with van der Waals surface area (Å²) in [6.45, 7) is 4.66. The maximum atomic E-state index is 12.8. The van der Waals surface area contributed by atoms with E-state index in [1.165, 1.54) is 0 Å². The van der Waals surface area contributed by atoms with Crippen molar-refractivity contribution in [3.63, 3.8) is 0 Å². The van der Waals surface area contributed by atoms with Crippen molar-refractivity contribution in [2.45, 2.75) is 19.8 Å². The molecule has 0 radical (unpaired) electrons. The zero-order chi connectivity index (χ0) is 21.0. The van der Waals surface area contributed by atoms with Gasteiger partial charge in [0.2, 0.25) is 5.91 Å². The second-order valence-electron chi connectivity index (χ2n) is 6.83. The summed E-state index contributed by atoms with van der Waals surface area (Å²) in [4.78, 5) is 28.9. The lowest BCUT2D eigenvalue weighted by atomic mass is 10.1. The highest BCUT2D eigenvalue weighted by Gasteiger charge is 2.23. The van der Waals surface area contributed by atoms with Crippen LogP contribution in [0.4, 0.5) is 11.4 Å². The molecule has 8 heteroatoms. The Kier molecular flexibility index (Phi) is 7.28. The first-order valence-corrected chi connectivity index (χ1v) is 10.6. The summed E-state index contributed by atoms with van der Waals surface area (Å²) in [6, 6.07) is 10.3. The molecule has 1 aliphatic heterocycles. The van der Waals surface area contributed by atoms with E-state index in [1.54, 1.807) is 30.3 Å². The highest BCUT2D eigenvalue weighted by Crippen LogP contribution is 2.32. The van der Waals surface area contributed by atoms with E-state index in [9.17, 15) is 9.59 Å². The molecule has 0 aliphatic carbocycles. The predicted octanol–water partition coefficient (Wildman–Crippen LogP) is 5.35. The van der Waals surface area contributed by atoms with E-state index in [1.807, 2.05) is 17.9 Å². The maximum Gasteiger partial charge on any atom is 0.257 e. The number of carbonyl (C=O) groups excluding carboxylic acids is 2. The molecule has 0 unspecified atom stereocenters. The van der Waals surface area contributed by atoms with Crippen LogP contribution in [0.25, 0.3) is 0 Å². The van der Waals surface area contributed by atoms with Gasteiger partial charge < -0.3 is 15.1 Å². The highest BCUT2D eigenvalue weighted by atomic mass is 35.5. The Morgan fingerprint density at radius 3 is 2.45 bits per heavy atom. The summed E-state index contributed by atoms with van der Waals surface area (Å²) >= 11 is 18.4. The van der Waals surface area contributed by atoms with E-state index >= 15 is 0 Å². The Morgan fingerprint density at radius 2 is 1.76 bits per heavy atom. The van der Waals surface area contributed by atoms with Crippen molar-refractivity contribution in [1.82, 2.24) is 4.90 Å². The van der Waals surface area contributed by atoms with Crippen LogP contribution in [-0.4, -0.2) is 42.9 Å². The number of amides is 2. The van der Waals surface area contributed by atoms with Gasteiger partial charge >= 0.3 is 0 Å². The fourth-order valence-corrected chi connectivity index (χ4v) is 3.88. The first-order valence-electron chi connectivity index (χ1n) is 9.48. The lowest BCUT2D eigenvalue weighted by molar-refractivity contribution is -0.131. The van der Waals surface area contributed by atoms with Gasteiger partial charge in [-0.1, -0.05) is 47.8 Å². The van der Waals surface area contributed by atoms with Gasteiger partial charge in [0.1, 0.15) is 0 Å². The lowest BCUT2D eigenvalue weighted by Crippen LogP contribution is -2.48. The molecule has 0 atom stereocenters. The van der Waals surface area contributed by atoms with Gasteiger partial charge in [-0.05, 0) is 36.8 Å². The van der Waals surface area contributed by atoms with E-state index in [-0.39, 0.29) is 16.8 Å². The molecule has 0 bridgehead atoms. The molecule has 2 aromatic carbocycles. The van der Waals surface area contributed by atoms with Crippen molar-refractivity contribution in [3.05, 3.63) is 57.0 Å². The van der Waals surface area contributed by atoms with E-state index in [0.717, 1.165) is 12.1 Å². The highest BCUT2D eigenvalue weighted by molar-refractivity contribution is 6.44. The van der Waals surface area contributed by atoms with Gasteiger partial charge in [-0.3, -0.25) is 9.59 Å². The van der Waals surface area contributed by atoms with Crippen LogP contribution in [0.15, 0.2) is 36.4 Å². The first-order chi connectivity index (χ1) is 13.9. The number of anilines is 2. The number of piperazine rings is 1. The number of nitrogens with zero attached hydrogens (tertiary/aromatic N) is 2. The molecule has 0 saturated carbocycles. The Balaban J connectivity index is 1.78. The van der Waals surface area contributed by atoms with E-state index in [2.05, 4.69) is 10.2 Å².